The molecule has 0 saturated carbocycles. The van der Waals surface area contributed by atoms with Crippen molar-refractivity contribution in [3.8, 4) is 0 Å². The largest absolute Gasteiger partial charge is 0.323 e. The lowest BCUT2D eigenvalue weighted by molar-refractivity contribution is 0.771. The van der Waals surface area contributed by atoms with Crippen LogP contribution in [0.15, 0.2) is 18.3 Å². The first kappa shape index (κ1) is 10.6. The predicted molar refractivity (Wildman–Crippen MR) is 62.6 cm³/mol. The molecular weight excluding hydrogens is 202 g/mol. The molecule has 0 saturated heterocycles. The molecule has 5 heteroatoms. The van der Waals surface area contributed by atoms with Crippen molar-refractivity contribution in [2.24, 2.45) is 7.05 Å². The molecule has 0 aliphatic heterocycles. The maximum Gasteiger partial charge on any atom is 0.153 e. The molecule has 0 spiro atoms. The molecule has 0 fully saturated rings. The second-order valence-electron chi connectivity index (χ2n) is 3.64. The zero-order chi connectivity index (χ0) is 11.5. The van der Waals surface area contributed by atoms with Crippen LogP contribution in [0.25, 0.3) is 0 Å². The van der Waals surface area contributed by atoms with E-state index in [0.717, 1.165) is 29.6 Å². The second kappa shape index (κ2) is 4.30. The van der Waals surface area contributed by atoms with E-state index in [9.17, 15) is 0 Å². The predicted octanol–water partition coefficient (Wildman–Crippen LogP) is 1.82. The first-order valence-electron chi connectivity index (χ1n) is 5.28. The van der Waals surface area contributed by atoms with E-state index in [0.29, 0.717) is 0 Å². The Morgan fingerprint density at radius 3 is 2.75 bits per heavy atom. The third-order valence-electron chi connectivity index (χ3n) is 2.22. The lowest BCUT2D eigenvalue weighted by Crippen LogP contribution is -2.01. The molecule has 1 N–H and O–H groups in total. The summed E-state index contributed by atoms with van der Waals surface area (Å²) in [6, 6.07) is 3.85. The van der Waals surface area contributed by atoms with Crippen molar-refractivity contribution in [1.82, 2.24) is 19.7 Å². The summed E-state index contributed by atoms with van der Waals surface area (Å²) in [6.45, 7) is 3.97. The first-order chi connectivity index (χ1) is 7.67. The van der Waals surface area contributed by atoms with Crippen molar-refractivity contribution >= 4 is 11.6 Å². The number of aromatic nitrogens is 4. The number of aryl methyl sites for hydroxylation is 3. The van der Waals surface area contributed by atoms with Crippen molar-refractivity contribution in [3.63, 3.8) is 0 Å². The maximum absolute atomic E-state index is 4.32. The quantitative estimate of drug-likeness (QED) is 0.852. The van der Waals surface area contributed by atoms with Gasteiger partial charge in [0.05, 0.1) is 0 Å². The summed E-state index contributed by atoms with van der Waals surface area (Å²) in [6.07, 6.45) is 2.79. The van der Waals surface area contributed by atoms with Gasteiger partial charge >= 0.3 is 0 Å². The Morgan fingerprint density at radius 1 is 1.31 bits per heavy atom. The van der Waals surface area contributed by atoms with E-state index in [-0.39, 0.29) is 0 Å². The molecule has 16 heavy (non-hydrogen) atoms. The van der Waals surface area contributed by atoms with E-state index in [2.05, 4.69) is 27.3 Å². The van der Waals surface area contributed by atoms with Crippen LogP contribution in [-0.2, 0) is 13.5 Å². The summed E-state index contributed by atoms with van der Waals surface area (Å²) in [5.41, 5.74) is 1.03. The molecule has 0 aliphatic rings. The fourth-order valence-corrected chi connectivity index (χ4v) is 1.49. The van der Waals surface area contributed by atoms with Crippen LogP contribution in [-0.4, -0.2) is 19.7 Å². The number of nitrogens with zero attached hydrogens (tertiary/aromatic N) is 4. The van der Waals surface area contributed by atoms with Crippen LogP contribution in [0, 0.1) is 6.92 Å². The van der Waals surface area contributed by atoms with Gasteiger partial charge in [-0.25, -0.2) is 9.97 Å². The first-order valence-corrected chi connectivity index (χ1v) is 5.28. The highest BCUT2D eigenvalue weighted by atomic mass is 15.3. The van der Waals surface area contributed by atoms with Gasteiger partial charge in [0.1, 0.15) is 11.6 Å². The molecule has 0 unspecified atom stereocenters. The van der Waals surface area contributed by atoms with Crippen LogP contribution in [0.3, 0.4) is 0 Å². The summed E-state index contributed by atoms with van der Waals surface area (Å²) < 4.78 is 1.75. The minimum atomic E-state index is 0.776. The number of hydrogen-bond acceptors (Lipinski definition) is 4. The number of anilines is 2. The van der Waals surface area contributed by atoms with Crippen LogP contribution >= 0.6 is 0 Å². The van der Waals surface area contributed by atoms with Gasteiger partial charge < -0.3 is 5.32 Å². The molecule has 5 nitrogen and oxygen atoms in total. The van der Waals surface area contributed by atoms with Gasteiger partial charge in [0.2, 0.25) is 0 Å². The van der Waals surface area contributed by atoms with Crippen LogP contribution in [0.2, 0.25) is 0 Å². The minimum Gasteiger partial charge on any atom is -0.323 e. The molecular formula is C11H15N5. The van der Waals surface area contributed by atoms with Gasteiger partial charge in [-0.15, -0.1) is 0 Å². The van der Waals surface area contributed by atoms with Crippen molar-refractivity contribution in [2.75, 3.05) is 5.32 Å². The molecule has 2 aromatic heterocycles. The summed E-state index contributed by atoms with van der Waals surface area (Å²) in [5.74, 6) is 2.36. The van der Waals surface area contributed by atoms with Gasteiger partial charge in [0.25, 0.3) is 0 Å². The average molecular weight is 217 g/mol. The molecule has 0 bridgehead atoms. The highest BCUT2D eigenvalue weighted by Gasteiger charge is 2.02. The van der Waals surface area contributed by atoms with Crippen LogP contribution in [0.5, 0.6) is 0 Å². The highest BCUT2D eigenvalue weighted by molar-refractivity contribution is 5.51. The Bertz CT molecular complexity index is 489. The van der Waals surface area contributed by atoms with E-state index in [4.69, 9.17) is 0 Å². The minimum absolute atomic E-state index is 0.776. The molecule has 0 aliphatic carbocycles. The molecule has 0 radical (unpaired) electrons. The normalized spacial score (nSPS) is 10.4. The molecule has 2 aromatic rings. The third kappa shape index (κ3) is 2.36. The van der Waals surface area contributed by atoms with Crippen molar-refractivity contribution in [1.29, 1.82) is 0 Å². The van der Waals surface area contributed by atoms with Gasteiger partial charge in [0.15, 0.2) is 5.82 Å². The third-order valence-corrected chi connectivity index (χ3v) is 2.22. The lowest BCUT2D eigenvalue weighted by atomic mass is 10.3. The summed E-state index contributed by atoms with van der Waals surface area (Å²) in [4.78, 5) is 8.64. The SMILES string of the molecule is CCc1cc(Nc2ccn(C)n2)nc(C)n1. The Morgan fingerprint density at radius 2 is 2.12 bits per heavy atom. The smallest absolute Gasteiger partial charge is 0.153 e. The van der Waals surface area contributed by atoms with Gasteiger partial charge in [-0.3, -0.25) is 4.68 Å². The van der Waals surface area contributed by atoms with Gasteiger partial charge in [-0.2, -0.15) is 5.10 Å². The molecule has 0 amide bonds. The Hall–Kier alpha value is -1.91. The van der Waals surface area contributed by atoms with Gasteiger partial charge in [-0.1, -0.05) is 6.92 Å². The van der Waals surface area contributed by atoms with E-state index in [1.807, 2.05) is 32.3 Å². The highest BCUT2D eigenvalue weighted by Crippen LogP contribution is 2.13. The van der Waals surface area contributed by atoms with E-state index in [1.165, 1.54) is 0 Å². The molecule has 0 atom stereocenters. The zero-order valence-electron chi connectivity index (χ0n) is 9.73. The fraction of sp³-hybridized carbons (Fsp3) is 0.364. The monoisotopic (exact) mass is 217 g/mol. The Balaban J connectivity index is 2.24. The molecule has 2 heterocycles. The van der Waals surface area contributed by atoms with E-state index in [1.54, 1.807) is 4.68 Å². The summed E-state index contributed by atoms with van der Waals surface area (Å²) >= 11 is 0. The molecule has 0 aromatic carbocycles. The van der Waals surface area contributed by atoms with Gasteiger partial charge in [-0.05, 0) is 13.3 Å². The maximum atomic E-state index is 4.32. The molecule has 84 valence electrons. The van der Waals surface area contributed by atoms with Crippen LogP contribution < -0.4 is 5.32 Å². The summed E-state index contributed by atoms with van der Waals surface area (Å²) in [5, 5.41) is 7.39. The summed E-state index contributed by atoms with van der Waals surface area (Å²) in [7, 11) is 1.88. The lowest BCUT2D eigenvalue weighted by Gasteiger charge is -2.05. The van der Waals surface area contributed by atoms with Crippen molar-refractivity contribution < 1.29 is 0 Å². The Labute approximate surface area is 94.5 Å². The number of hydrogen-bond donors (Lipinski definition) is 1. The van der Waals surface area contributed by atoms with Crippen molar-refractivity contribution in [2.45, 2.75) is 20.3 Å². The van der Waals surface area contributed by atoms with Crippen LogP contribution in [0.1, 0.15) is 18.4 Å². The zero-order valence-corrected chi connectivity index (χ0v) is 9.73. The second-order valence-corrected chi connectivity index (χ2v) is 3.64. The number of nitrogens with one attached hydrogen (secondary N) is 1. The molecule has 2 rings (SSSR count). The number of rotatable bonds is 3. The van der Waals surface area contributed by atoms with Crippen LogP contribution in [0.4, 0.5) is 11.6 Å². The standard InChI is InChI=1S/C11H15N5/c1-4-9-7-11(13-8(2)12-9)14-10-5-6-16(3)15-10/h5-7H,4H2,1-3H3,(H,12,13,14,15). The van der Waals surface area contributed by atoms with Gasteiger partial charge in [0, 0.05) is 31.1 Å². The van der Waals surface area contributed by atoms with Crippen molar-refractivity contribution in [3.05, 3.63) is 29.8 Å². The average Bonchev–Trinajstić information content (AvgIpc) is 2.63. The Kier molecular flexibility index (Phi) is 2.85. The fourth-order valence-electron chi connectivity index (χ4n) is 1.49. The van der Waals surface area contributed by atoms with E-state index < -0.39 is 0 Å². The van der Waals surface area contributed by atoms with E-state index >= 15 is 0 Å². The topological polar surface area (TPSA) is 55.6 Å².